The molecule has 0 N–H and O–H groups in total. The van der Waals surface area contributed by atoms with Crippen LogP contribution in [0.4, 0.5) is 4.39 Å². The molecule has 1 aromatic heterocycles. The molecule has 0 radical (unpaired) electrons. The molecule has 1 heterocycles. The number of hydrogen-bond donors (Lipinski definition) is 0. The van der Waals surface area contributed by atoms with Crippen LogP contribution >= 0.6 is 22.9 Å². The number of rotatable bonds is 2. The largest absolute Gasteiger partial charge is 0.450 e. The van der Waals surface area contributed by atoms with Crippen LogP contribution in [0.3, 0.4) is 0 Å². The van der Waals surface area contributed by atoms with E-state index < -0.39 is 12.1 Å². The van der Waals surface area contributed by atoms with E-state index in [9.17, 15) is 14.0 Å². The molecule has 1 fully saturated rings. The predicted octanol–water partition coefficient (Wildman–Crippen LogP) is 4.36. The third-order valence-electron chi connectivity index (χ3n) is 3.52. The van der Waals surface area contributed by atoms with Crippen LogP contribution in [-0.4, -0.2) is 17.9 Å². The van der Waals surface area contributed by atoms with Crippen molar-refractivity contribution in [3.05, 3.63) is 33.9 Å². The van der Waals surface area contributed by atoms with E-state index >= 15 is 0 Å². The number of esters is 1. The smallest absolute Gasteiger partial charge is 0.350 e. The molecule has 0 unspecified atom stereocenters. The van der Waals surface area contributed by atoms with Crippen LogP contribution in [0.1, 0.15) is 35.4 Å². The molecule has 6 heteroatoms. The number of benzene rings is 1. The van der Waals surface area contributed by atoms with Gasteiger partial charge in [0.15, 0.2) is 11.9 Å². The molecule has 0 amide bonds. The fraction of sp³-hybridized carbons (Fsp3) is 0.333. The maximum absolute atomic E-state index is 13.2. The summed E-state index contributed by atoms with van der Waals surface area (Å²) in [6.07, 6.45) is 2.04. The van der Waals surface area contributed by atoms with E-state index in [1.807, 2.05) is 0 Å². The van der Waals surface area contributed by atoms with Crippen molar-refractivity contribution in [3.8, 4) is 0 Å². The van der Waals surface area contributed by atoms with Crippen LogP contribution in [0.2, 0.25) is 5.02 Å². The molecule has 0 saturated heterocycles. The van der Waals surface area contributed by atoms with Crippen LogP contribution in [0, 0.1) is 5.82 Å². The summed E-state index contributed by atoms with van der Waals surface area (Å²) in [4.78, 5) is 24.1. The lowest BCUT2D eigenvalue weighted by Crippen LogP contribution is -2.29. The van der Waals surface area contributed by atoms with E-state index in [1.54, 1.807) is 0 Å². The van der Waals surface area contributed by atoms with Crippen LogP contribution in [-0.2, 0) is 9.53 Å². The van der Waals surface area contributed by atoms with Crippen molar-refractivity contribution in [2.75, 3.05) is 0 Å². The summed E-state index contributed by atoms with van der Waals surface area (Å²) in [5.41, 5.74) is 0. The molecule has 2 aromatic rings. The molecule has 3 rings (SSSR count). The van der Waals surface area contributed by atoms with Gasteiger partial charge in [-0.15, -0.1) is 11.3 Å². The molecular weight excluding hydrogens is 315 g/mol. The van der Waals surface area contributed by atoms with Gasteiger partial charge in [-0.2, -0.15) is 0 Å². The van der Waals surface area contributed by atoms with Gasteiger partial charge < -0.3 is 4.74 Å². The second kappa shape index (κ2) is 5.73. The van der Waals surface area contributed by atoms with E-state index in [-0.39, 0.29) is 21.5 Å². The number of ether oxygens (including phenoxy) is 1. The summed E-state index contributed by atoms with van der Waals surface area (Å²) in [6, 6.07) is 4.15. The maximum atomic E-state index is 13.2. The van der Waals surface area contributed by atoms with Gasteiger partial charge in [-0.3, -0.25) is 4.79 Å². The lowest BCUT2D eigenvalue weighted by molar-refractivity contribution is -0.129. The summed E-state index contributed by atoms with van der Waals surface area (Å²) >= 11 is 7.24. The summed E-state index contributed by atoms with van der Waals surface area (Å²) in [5.74, 6) is -1.04. The van der Waals surface area contributed by atoms with Crippen molar-refractivity contribution in [3.63, 3.8) is 0 Å². The quantitative estimate of drug-likeness (QED) is 0.770. The minimum absolute atomic E-state index is 0.0436. The first-order chi connectivity index (χ1) is 10.1. The van der Waals surface area contributed by atoms with Gasteiger partial charge in [-0.05, 0) is 37.5 Å². The van der Waals surface area contributed by atoms with E-state index in [0.717, 1.165) is 24.2 Å². The maximum Gasteiger partial charge on any atom is 0.350 e. The first kappa shape index (κ1) is 14.5. The average molecular weight is 327 g/mol. The Morgan fingerprint density at radius 3 is 2.95 bits per heavy atom. The molecule has 1 saturated carbocycles. The zero-order valence-corrected chi connectivity index (χ0v) is 12.6. The number of hydrogen-bond acceptors (Lipinski definition) is 4. The Morgan fingerprint density at radius 2 is 2.19 bits per heavy atom. The minimum atomic E-state index is -0.677. The number of Topliss-reactive ketones (excluding diaryl/α,β-unsaturated/α-hetero) is 1. The second-order valence-electron chi connectivity index (χ2n) is 4.99. The molecular formula is C15H12ClFO3S. The first-order valence-electron chi connectivity index (χ1n) is 6.67. The molecule has 0 aliphatic heterocycles. The van der Waals surface area contributed by atoms with Crippen LogP contribution in [0.15, 0.2) is 18.2 Å². The molecule has 1 atom stereocenters. The van der Waals surface area contributed by atoms with Crippen LogP contribution < -0.4 is 0 Å². The highest BCUT2D eigenvalue weighted by Gasteiger charge is 2.28. The zero-order chi connectivity index (χ0) is 15.0. The van der Waals surface area contributed by atoms with Gasteiger partial charge >= 0.3 is 5.97 Å². The Kier molecular flexibility index (Phi) is 3.95. The molecule has 21 heavy (non-hydrogen) atoms. The molecule has 1 aliphatic carbocycles. The van der Waals surface area contributed by atoms with Gasteiger partial charge in [0, 0.05) is 16.5 Å². The second-order valence-corrected chi connectivity index (χ2v) is 6.42. The molecule has 1 aliphatic rings. The Bertz CT molecular complexity index is 725. The Balaban J connectivity index is 1.87. The Morgan fingerprint density at radius 1 is 1.38 bits per heavy atom. The van der Waals surface area contributed by atoms with E-state index in [1.165, 1.54) is 18.2 Å². The average Bonchev–Trinajstić information content (AvgIpc) is 2.78. The number of thiophene rings is 1. The molecule has 3 nitrogen and oxygen atoms in total. The number of halogens is 2. The van der Waals surface area contributed by atoms with Gasteiger partial charge in [0.2, 0.25) is 0 Å². The summed E-state index contributed by atoms with van der Waals surface area (Å²) in [7, 11) is 0. The SMILES string of the molecule is O=C(O[C@@H]1CCCCC1=O)c1sc2cc(F)ccc2c1Cl. The summed E-state index contributed by atoms with van der Waals surface area (Å²) < 4.78 is 19.1. The third-order valence-corrected chi connectivity index (χ3v) is 5.16. The van der Waals surface area contributed by atoms with E-state index in [2.05, 4.69) is 0 Å². The monoisotopic (exact) mass is 326 g/mol. The Labute approximate surface area is 129 Å². The first-order valence-corrected chi connectivity index (χ1v) is 7.87. The van der Waals surface area contributed by atoms with E-state index in [4.69, 9.17) is 16.3 Å². The predicted molar refractivity (Wildman–Crippen MR) is 79.5 cm³/mol. The standard InChI is InChI=1S/C15H12ClFO3S/c16-13-9-6-5-8(17)7-12(9)21-14(13)15(19)20-11-4-2-1-3-10(11)18/h5-7,11H,1-4H2/t11-/m1/s1. The van der Waals surface area contributed by atoms with E-state index in [0.29, 0.717) is 22.9 Å². The fourth-order valence-electron chi connectivity index (χ4n) is 2.43. The van der Waals surface area contributed by atoms with Crippen molar-refractivity contribution < 1.29 is 18.7 Å². The third kappa shape index (κ3) is 2.80. The molecule has 1 aromatic carbocycles. The number of fused-ring (bicyclic) bond motifs is 1. The lowest BCUT2D eigenvalue weighted by atomic mass is 9.96. The number of carbonyl (C=O) groups is 2. The van der Waals surface area contributed by atoms with Crippen molar-refractivity contribution in [2.24, 2.45) is 0 Å². The molecule has 0 bridgehead atoms. The fourth-order valence-corrected chi connectivity index (χ4v) is 3.84. The van der Waals surface area contributed by atoms with Gasteiger partial charge in [0.05, 0.1) is 5.02 Å². The van der Waals surface area contributed by atoms with Gasteiger partial charge in [-0.1, -0.05) is 11.6 Å². The highest BCUT2D eigenvalue weighted by atomic mass is 35.5. The lowest BCUT2D eigenvalue weighted by Gasteiger charge is -2.20. The van der Waals surface area contributed by atoms with Crippen molar-refractivity contribution in [1.82, 2.24) is 0 Å². The van der Waals surface area contributed by atoms with Crippen molar-refractivity contribution >= 4 is 44.8 Å². The van der Waals surface area contributed by atoms with Crippen molar-refractivity contribution in [2.45, 2.75) is 31.8 Å². The van der Waals surface area contributed by atoms with Crippen molar-refractivity contribution in [1.29, 1.82) is 0 Å². The zero-order valence-electron chi connectivity index (χ0n) is 11.0. The normalized spacial score (nSPS) is 19.0. The van der Waals surface area contributed by atoms with Crippen LogP contribution in [0.25, 0.3) is 10.1 Å². The number of carbonyl (C=O) groups excluding carboxylic acids is 2. The molecule has 110 valence electrons. The van der Waals surface area contributed by atoms with Crippen LogP contribution in [0.5, 0.6) is 0 Å². The van der Waals surface area contributed by atoms with Gasteiger partial charge in [0.1, 0.15) is 10.7 Å². The highest BCUT2D eigenvalue weighted by molar-refractivity contribution is 7.21. The van der Waals surface area contributed by atoms with Gasteiger partial charge in [0.25, 0.3) is 0 Å². The van der Waals surface area contributed by atoms with Gasteiger partial charge in [-0.25, -0.2) is 9.18 Å². The number of ketones is 1. The summed E-state index contributed by atoms with van der Waals surface area (Å²) in [6.45, 7) is 0. The minimum Gasteiger partial charge on any atom is -0.450 e. The topological polar surface area (TPSA) is 43.4 Å². The highest BCUT2D eigenvalue weighted by Crippen LogP contribution is 2.36. The summed E-state index contributed by atoms with van der Waals surface area (Å²) in [5, 5.41) is 0.869. The Hall–Kier alpha value is -1.46. The molecule has 0 spiro atoms.